The van der Waals surface area contributed by atoms with E-state index in [1.807, 2.05) is 6.07 Å². The van der Waals surface area contributed by atoms with Crippen LogP contribution in [0.2, 0.25) is 10.0 Å². The first-order valence-electron chi connectivity index (χ1n) is 6.01. The average molecular weight is 316 g/mol. The van der Waals surface area contributed by atoms with Crippen molar-refractivity contribution in [3.05, 3.63) is 62.6 Å². The Bertz CT molecular complexity index is 843. The summed E-state index contributed by atoms with van der Waals surface area (Å²) in [7, 11) is 0. The predicted octanol–water partition coefficient (Wildman–Crippen LogP) is 4.31. The number of carbonyl (C=O) groups is 1. The minimum atomic E-state index is -0.454. The molecular weight excluding hydrogens is 309 g/mol. The molecule has 0 aliphatic heterocycles. The maximum absolute atomic E-state index is 12.5. The van der Waals surface area contributed by atoms with Gasteiger partial charge < -0.3 is 5.11 Å². The van der Waals surface area contributed by atoms with Crippen LogP contribution in [-0.4, -0.2) is 10.9 Å². The van der Waals surface area contributed by atoms with Gasteiger partial charge in [-0.05, 0) is 35.9 Å². The van der Waals surface area contributed by atoms with Crippen molar-refractivity contribution < 1.29 is 9.90 Å². The topological polar surface area (TPSA) is 61.1 Å². The zero-order valence-electron chi connectivity index (χ0n) is 10.5. The number of rotatable bonds is 2. The summed E-state index contributed by atoms with van der Waals surface area (Å²) >= 11 is 12.0. The van der Waals surface area contributed by atoms with E-state index >= 15 is 0 Å². The molecule has 0 saturated carbocycles. The molecule has 1 N–H and O–H groups in total. The Labute approximate surface area is 130 Å². The van der Waals surface area contributed by atoms with Crippen LogP contribution in [0.25, 0.3) is 11.6 Å². The number of hydrogen-bond acceptors (Lipinski definition) is 3. The van der Waals surface area contributed by atoms with Crippen LogP contribution in [0.1, 0.15) is 27.0 Å². The highest BCUT2D eigenvalue weighted by molar-refractivity contribution is 6.41. The Balaban J connectivity index is 2.10. The minimum absolute atomic E-state index is 0.108. The van der Waals surface area contributed by atoms with Gasteiger partial charge in [0, 0.05) is 5.56 Å². The molecule has 0 radical (unpaired) electrons. The van der Waals surface area contributed by atoms with Crippen molar-refractivity contribution in [2.24, 2.45) is 0 Å². The van der Waals surface area contributed by atoms with Crippen LogP contribution >= 0.6 is 23.2 Å². The molecule has 3 nitrogen and oxygen atoms in total. The molecular formula is C16H7Cl2NO2. The molecule has 0 saturated heterocycles. The number of aromatic hydroxyl groups is 1. The third kappa shape index (κ3) is 2.09. The van der Waals surface area contributed by atoms with Gasteiger partial charge >= 0.3 is 0 Å². The second kappa shape index (κ2) is 4.92. The van der Waals surface area contributed by atoms with Crippen molar-refractivity contribution in [3.8, 4) is 11.8 Å². The molecule has 0 spiro atoms. The summed E-state index contributed by atoms with van der Waals surface area (Å²) in [5.41, 5.74) is 2.11. The number of fused-ring (bicyclic) bond motifs is 1. The monoisotopic (exact) mass is 315 g/mol. The molecule has 0 unspecified atom stereocenters. The third-order valence-corrected chi connectivity index (χ3v) is 3.94. The molecule has 0 heterocycles. The van der Waals surface area contributed by atoms with Gasteiger partial charge in [0.25, 0.3) is 0 Å². The molecule has 2 aromatic rings. The van der Waals surface area contributed by atoms with Gasteiger partial charge in [-0.1, -0.05) is 29.3 Å². The fraction of sp³-hybridized carbons (Fsp3) is 0. The maximum atomic E-state index is 12.5. The first-order chi connectivity index (χ1) is 10.0. The number of allylic oxidation sites excluding steroid dienone is 1. The van der Waals surface area contributed by atoms with Crippen molar-refractivity contribution in [2.75, 3.05) is 0 Å². The van der Waals surface area contributed by atoms with Gasteiger partial charge in [-0.3, -0.25) is 4.79 Å². The molecule has 1 aliphatic rings. The fourth-order valence-corrected chi connectivity index (χ4v) is 2.81. The maximum Gasteiger partial charge on any atom is 0.199 e. The first-order valence-corrected chi connectivity index (χ1v) is 6.76. The highest BCUT2D eigenvalue weighted by Crippen LogP contribution is 2.38. The summed E-state index contributed by atoms with van der Waals surface area (Å²) in [6.07, 6.45) is 1.65. The van der Waals surface area contributed by atoms with Crippen LogP contribution < -0.4 is 0 Å². The smallest absolute Gasteiger partial charge is 0.199 e. The van der Waals surface area contributed by atoms with Crippen LogP contribution in [-0.2, 0) is 0 Å². The summed E-state index contributed by atoms with van der Waals surface area (Å²) in [5, 5.41) is 19.3. The highest BCUT2D eigenvalue weighted by atomic mass is 35.5. The molecule has 0 atom stereocenters. The van der Waals surface area contributed by atoms with Gasteiger partial charge in [0.2, 0.25) is 0 Å². The molecule has 0 fully saturated rings. The lowest BCUT2D eigenvalue weighted by atomic mass is 9.86. The first kappa shape index (κ1) is 13.7. The van der Waals surface area contributed by atoms with E-state index in [0.29, 0.717) is 11.1 Å². The molecule has 0 amide bonds. The van der Waals surface area contributed by atoms with E-state index in [9.17, 15) is 9.90 Å². The molecule has 5 heteroatoms. The largest absolute Gasteiger partial charge is 0.507 e. The zero-order chi connectivity index (χ0) is 15.1. The lowest BCUT2D eigenvalue weighted by Crippen LogP contribution is -2.07. The standard InChI is InChI=1S/C16H7Cl2NO2/c17-12-2-1-3-13(18)15(12)16(21)11-5-8-4-9(7-19)10(8)6-14(11)20/h1-6,20H. The van der Waals surface area contributed by atoms with E-state index in [0.717, 1.165) is 5.56 Å². The number of benzene rings is 2. The van der Waals surface area contributed by atoms with Gasteiger partial charge in [0.15, 0.2) is 5.78 Å². The molecule has 2 aromatic carbocycles. The van der Waals surface area contributed by atoms with E-state index in [1.54, 1.807) is 24.3 Å². The summed E-state index contributed by atoms with van der Waals surface area (Å²) in [6, 6.07) is 9.71. The van der Waals surface area contributed by atoms with Crippen molar-refractivity contribution >= 4 is 40.6 Å². The number of nitriles is 1. The summed E-state index contributed by atoms with van der Waals surface area (Å²) in [5.74, 6) is -0.653. The lowest BCUT2D eigenvalue weighted by molar-refractivity contribution is 0.103. The van der Waals surface area contributed by atoms with Crippen LogP contribution in [0.4, 0.5) is 0 Å². The lowest BCUT2D eigenvalue weighted by Gasteiger charge is -2.17. The number of phenolic OH excluding ortho intramolecular Hbond substituents is 1. The van der Waals surface area contributed by atoms with Crippen LogP contribution in [0, 0.1) is 11.3 Å². The van der Waals surface area contributed by atoms with Crippen molar-refractivity contribution in [3.63, 3.8) is 0 Å². The Morgan fingerprint density at radius 1 is 1.19 bits per heavy atom. The predicted molar refractivity (Wildman–Crippen MR) is 81.5 cm³/mol. The van der Waals surface area contributed by atoms with E-state index in [1.165, 1.54) is 12.1 Å². The van der Waals surface area contributed by atoms with Gasteiger partial charge in [0.05, 0.1) is 32.8 Å². The van der Waals surface area contributed by atoms with E-state index in [2.05, 4.69) is 0 Å². The molecule has 21 heavy (non-hydrogen) atoms. The Morgan fingerprint density at radius 2 is 1.86 bits per heavy atom. The Hall–Kier alpha value is -2.28. The second-order valence-corrected chi connectivity index (χ2v) is 5.37. The van der Waals surface area contributed by atoms with Crippen molar-refractivity contribution in [1.82, 2.24) is 0 Å². The van der Waals surface area contributed by atoms with Crippen molar-refractivity contribution in [2.45, 2.75) is 0 Å². The zero-order valence-corrected chi connectivity index (χ0v) is 12.0. The SMILES string of the molecule is N#CC1=Cc2cc(C(=O)c3c(Cl)cccc3Cl)c(O)cc21. The highest BCUT2D eigenvalue weighted by Gasteiger charge is 2.24. The van der Waals surface area contributed by atoms with Gasteiger partial charge in [-0.25, -0.2) is 0 Å². The number of nitrogens with zero attached hydrogens (tertiary/aromatic N) is 1. The Morgan fingerprint density at radius 3 is 2.48 bits per heavy atom. The van der Waals surface area contributed by atoms with Gasteiger partial charge in [-0.2, -0.15) is 5.26 Å². The molecule has 1 aliphatic carbocycles. The number of hydrogen-bond donors (Lipinski definition) is 1. The number of carbonyl (C=O) groups excluding carboxylic acids is 1. The van der Waals surface area contributed by atoms with Crippen LogP contribution in [0.3, 0.4) is 0 Å². The molecule has 0 bridgehead atoms. The van der Waals surface area contributed by atoms with Gasteiger partial charge in [0.1, 0.15) is 5.75 Å². The minimum Gasteiger partial charge on any atom is -0.507 e. The number of halogens is 2. The molecule has 3 rings (SSSR count). The quantitative estimate of drug-likeness (QED) is 0.840. The number of ketones is 1. The number of phenols is 1. The summed E-state index contributed by atoms with van der Waals surface area (Å²) in [6.45, 7) is 0. The second-order valence-electron chi connectivity index (χ2n) is 4.55. The molecule has 0 aromatic heterocycles. The van der Waals surface area contributed by atoms with E-state index in [4.69, 9.17) is 28.5 Å². The van der Waals surface area contributed by atoms with Gasteiger partial charge in [-0.15, -0.1) is 0 Å². The average Bonchev–Trinajstić information content (AvgIpc) is 2.42. The van der Waals surface area contributed by atoms with Crippen LogP contribution in [0.5, 0.6) is 5.75 Å². The van der Waals surface area contributed by atoms with Crippen LogP contribution in [0.15, 0.2) is 30.3 Å². The fourth-order valence-electron chi connectivity index (χ4n) is 2.24. The third-order valence-electron chi connectivity index (χ3n) is 3.31. The van der Waals surface area contributed by atoms with E-state index in [-0.39, 0.29) is 26.9 Å². The van der Waals surface area contributed by atoms with Crippen molar-refractivity contribution in [1.29, 1.82) is 5.26 Å². The summed E-state index contributed by atoms with van der Waals surface area (Å²) < 4.78 is 0. The Kier molecular flexibility index (Phi) is 3.21. The summed E-state index contributed by atoms with van der Waals surface area (Å²) in [4.78, 5) is 12.5. The van der Waals surface area contributed by atoms with E-state index < -0.39 is 5.78 Å². The normalized spacial score (nSPS) is 12.0. The molecule has 102 valence electrons.